The van der Waals surface area contributed by atoms with E-state index in [2.05, 4.69) is 49.2 Å². The second kappa shape index (κ2) is 6.29. The molecule has 2 rings (SSSR count). The van der Waals surface area contributed by atoms with Gasteiger partial charge in [-0.15, -0.1) is 0 Å². The largest absolute Gasteiger partial charge is 0.380 e. The molecule has 0 aromatic heterocycles. The van der Waals surface area contributed by atoms with Gasteiger partial charge in [-0.3, -0.25) is 0 Å². The summed E-state index contributed by atoms with van der Waals surface area (Å²) >= 11 is 0. The zero-order valence-electron chi connectivity index (χ0n) is 12.6. The molecular weight excluding hydrogens is 236 g/mol. The van der Waals surface area contributed by atoms with Crippen LogP contribution in [0.2, 0.25) is 0 Å². The predicted molar refractivity (Wildman–Crippen MR) is 82.2 cm³/mol. The molecule has 1 aromatic carbocycles. The van der Waals surface area contributed by atoms with Crippen LogP contribution in [-0.4, -0.2) is 32.3 Å². The molecule has 1 fully saturated rings. The summed E-state index contributed by atoms with van der Waals surface area (Å²) in [6.45, 7) is 8.81. The van der Waals surface area contributed by atoms with Crippen LogP contribution in [0.1, 0.15) is 32.3 Å². The Bertz CT molecular complexity index is 413. The number of hydrogen-bond donors (Lipinski definition) is 1. The van der Waals surface area contributed by atoms with Gasteiger partial charge in [-0.2, -0.15) is 0 Å². The average molecular weight is 262 g/mol. The van der Waals surface area contributed by atoms with Crippen molar-refractivity contribution < 1.29 is 4.74 Å². The SMILES string of the molecule is COC(C)C(C)Nc1ccc(N2CCCC2)cc1C. The van der Waals surface area contributed by atoms with Gasteiger partial charge in [0.2, 0.25) is 0 Å². The molecule has 0 saturated carbocycles. The number of anilines is 2. The lowest BCUT2D eigenvalue weighted by Crippen LogP contribution is -2.30. The molecule has 1 aliphatic rings. The number of ether oxygens (including phenoxy) is 1. The van der Waals surface area contributed by atoms with E-state index in [0.717, 1.165) is 0 Å². The number of nitrogens with zero attached hydrogens (tertiary/aromatic N) is 1. The van der Waals surface area contributed by atoms with Crippen LogP contribution in [0, 0.1) is 6.92 Å². The van der Waals surface area contributed by atoms with Crippen molar-refractivity contribution in [2.45, 2.75) is 45.8 Å². The van der Waals surface area contributed by atoms with Gasteiger partial charge in [0.05, 0.1) is 6.10 Å². The fraction of sp³-hybridized carbons (Fsp3) is 0.625. The predicted octanol–water partition coefficient (Wildman–Crippen LogP) is 3.43. The highest BCUT2D eigenvalue weighted by Gasteiger charge is 2.15. The Labute approximate surface area is 116 Å². The van der Waals surface area contributed by atoms with Crippen molar-refractivity contribution in [2.75, 3.05) is 30.4 Å². The molecule has 0 radical (unpaired) electrons. The minimum atomic E-state index is 0.206. The third-order valence-electron chi connectivity index (χ3n) is 4.14. The monoisotopic (exact) mass is 262 g/mol. The van der Waals surface area contributed by atoms with E-state index in [9.17, 15) is 0 Å². The number of nitrogens with one attached hydrogen (secondary N) is 1. The van der Waals surface area contributed by atoms with E-state index < -0.39 is 0 Å². The molecule has 106 valence electrons. The van der Waals surface area contributed by atoms with Crippen LogP contribution in [-0.2, 0) is 4.74 Å². The van der Waals surface area contributed by atoms with Crippen molar-refractivity contribution in [3.63, 3.8) is 0 Å². The Hall–Kier alpha value is -1.22. The van der Waals surface area contributed by atoms with Crippen molar-refractivity contribution in [2.24, 2.45) is 0 Å². The Morgan fingerprint density at radius 1 is 1.21 bits per heavy atom. The maximum atomic E-state index is 5.36. The molecule has 3 heteroatoms. The molecule has 0 amide bonds. The lowest BCUT2D eigenvalue weighted by Gasteiger charge is -2.24. The summed E-state index contributed by atoms with van der Waals surface area (Å²) in [7, 11) is 1.76. The second-order valence-corrected chi connectivity index (χ2v) is 5.57. The number of methoxy groups -OCH3 is 1. The maximum Gasteiger partial charge on any atom is 0.0741 e. The van der Waals surface area contributed by atoms with E-state index in [1.165, 1.54) is 42.9 Å². The van der Waals surface area contributed by atoms with E-state index in [4.69, 9.17) is 4.74 Å². The highest BCUT2D eigenvalue weighted by Crippen LogP contribution is 2.26. The number of hydrogen-bond acceptors (Lipinski definition) is 3. The summed E-state index contributed by atoms with van der Waals surface area (Å²) in [6.07, 6.45) is 2.85. The second-order valence-electron chi connectivity index (χ2n) is 5.57. The summed E-state index contributed by atoms with van der Waals surface area (Å²) in [5.41, 5.74) is 3.87. The van der Waals surface area contributed by atoms with Gasteiger partial charge in [-0.05, 0) is 57.4 Å². The summed E-state index contributed by atoms with van der Waals surface area (Å²) in [5, 5.41) is 3.54. The van der Waals surface area contributed by atoms with E-state index in [1.54, 1.807) is 7.11 Å². The van der Waals surface area contributed by atoms with Crippen molar-refractivity contribution >= 4 is 11.4 Å². The fourth-order valence-electron chi connectivity index (χ4n) is 2.55. The van der Waals surface area contributed by atoms with Crippen LogP contribution < -0.4 is 10.2 Å². The molecule has 19 heavy (non-hydrogen) atoms. The third-order valence-corrected chi connectivity index (χ3v) is 4.14. The highest BCUT2D eigenvalue weighted by atomic mass is 16.5. The maximum absolute atomic E-state index is 5.36. The minimum absolute atomic E-state index is 0.206. The van der Waals surface area contributed by atoms with Gasteiger partial charge in [0, 0.05) is 37.6 Å². The van der Waals surface area contributed by atoms with Crippen molar-refractivity contribution in [1.82, 2.24) is 0 Å². The van der Waals surface area contributed by atoms with E-state index >= 15 is 0 Å². The van der Waals surface area contributed by atoms with Crippen molar-refractivity contribution in [3.8, 4) is 0 Å². The molecule has 0 aliphatic carbocycles. The lowest BCUT2D eigenvalue weighted by molar-refractivity contribution is 0.106. The first-order valence-corrected chi connectivity index (χ1v) is 7.26. The first kappa shape index (κ1) is 14.2. The fourth-order valence-corrected chi connectivity index (χ4v) is 2.55. The quantitative estimate of drug-likeness (QED) is 0.880. The van der Waals surface area contributed by atoms with Gasteiger partial charge in [-0.25, -0.2) is 0 Å². The number of benzene rings is 1. The van der Waals surface area contributed by atoms with Crippen LogP contribution in [0.4, 0.5) is 11.4 Å². The Kier molecular flexibility index (Phi) is 4.70. The van der Waals surface area contributed by atoms with Crippen LogP contribution >= 0.6 is 0 Å². The van der Waals surface area contributed by atoms with Crippen molar-refractivity contribution in [3.05, 3.63) is 23.8 Å². The van der Waals surface area contributed by atoms with Gasteiger partial charge in [0.15, 0.2) is 0 Å². The normalized spacial score (nSPS) is 18.4. The minimum Gasteiger partial charge on any atom is -0.380 e. The molecule has 2 unspecified atom stereocenters. The average Bonchev–Trinajstić information content (AvgIpc) is 2.94. The molecule has 1 N–H and O–H groups in total. The smallest absolute Gasteiger partial charge is 0.0741 e. The molecule has 3 nitrogen and oxygen atoms in total. The van der Waals surface area contributed by atoms with E-state index in [0.29, 0.717) is 6.04 Å². The van der Waals surface area contributed by atoms with Crippen LogP contribution in [0.25, 0.3) is 0 Å². The highest BCUT2D eigenvalue weighted by molar-refractivity contribution is 5.60. The van der Waals surface area contributed by atoms with Crippen LogP contribution in [0.3, 0.4) is 0 Å². The van der Waals surface area contributed by atoms with Crippen molar-refractivity contribution in [1.29, 1.82) is 0 Å². The van der Waals surface area contributed by atoms with Gasteiger partial charge in [0.1, 0.15) is 0 Å². The molecule has 0 spiro atoms. The molecule has 0 bridgehead atoms. The molecular formula is C16H26N2O. The van der Waals surface area contributed by atoms with Gasteiger partial charge < -0.3 is 15.0 Å². The summed E-state index contributed by atoms with van der Waals surface area (Å²) in [5.74, 6) is 0. The zero-order chi connectivity index (χ0) is 13.8. The summed E-state index contributed by atoms with van der Waals surface area (Å²) in [6, 6.07) is 7.02. The van der Waals surface area contributed by atoms with E-state index in [-0.39, 0.29) is 6.10 Å². The Morgan fingerprint density at radius 3 is 2.47 bits per heavy atom. The third kappa shape index (κ3) is 3.41. The van der Waals surface area contributed by atoms with E-state index in [1.807, 2.05) is 0 Å². The Balaban J connectivity index is 2.06. The molecule has 1 aliphatic heterocycles. The van der Waals surface area contributed by atoms with Gasteiger partial charge in [0.25, 0.3) is 0 Å². The number of aryl methyl sites for hydroxylation is 1. The Morgan fingerprint density at radius 2 is 1.89 bits per heavy atom. The van der Waals surface area contributed by atoms with Gasteiger partial charge in [-0.1, -0.05) is 0 Å². The molecule has 1 saturated heterocycles. The summed E-state index contributed by atoms with van der Waals surface area (Å²) in [4.78, 5) is 2.47. The lowest BCUT2D eigenvalue weighted by atomic mass is 10.1. The van der Waals surface area contributed by atoms with Gasteiger partial charge >= 0.3 is 0 Å². The zero-order valence-corrected chi connectivity index (χ0v) is 12.6. The standard InChI is InChI=1S/C16H26N2O/c1-12-11-15(18-9-5-6-10-18)7-8-16(12)17-13(2)14(3)19-4/h7-8,11,13-14,17H,5-6,9-10H2,1-4H3. The molecule has 2 atom stereocenters. The molecule has 1 heterocycles. The summed E-state index contributed by atoms with van der Waals surface area (Å²) < 4.78 is 5.36. The first-order valence-electron chi connectivity index (χ1n) is 7.26. The first-order chi connectivity index (χ1) is 9.11. The van der Waals surface area contributed by atoms with Crippen LogP contribution in [0.5, 0.6) is 0 Å². The topological polar surface area (TPSA) is 24.5 Å². The number of rotatable bonds is 5. The molecule has 1 aromatic rings. The van der Waals surface area contributed by atoms with Crippen LogP contribution in [0.15, 0.2) is 18.2 Å².